The lowest BCUT2D eigenvalue weighted by molar-refractivity contribution is 0.626. The maximum atomic E-state index is 13.1. The summed E-state index contributed by atoms with van der Waals surface area (Å²) in [5.41, 5.74) is 11.6. The Balaban J connectivity index is 2.49. The van der Waals surface area contributed by atoms with Gasteiger partial charge in [0, 0.05) is 5.02 Å². The maximum absolute atomic E-state index is 13.1. The molecule has 0 saturated carbocycles. The van der Waals surface area contributed by atoms with E-state index in [2.05, 4.69) is 26.0 Å². The Hall–Kier alpha value is -1.38. The van der Waals surface area contributed by atoms with E-state index < -0.39 is 0 Å². The first-order valence-electron chi connectivity index (χ1n) is 6.18. The molecule has 1 nitrogen and oxygen atoms in total. The molecular formula is C16H17ClFN. The minimum atomic E-state index is -0.349. The number of aryl methyl sites for hydroxylation is 3. The molecule has 1 unspecified atom stereocenters. The minimum Gasteiger partial charge on any atom is -0.320 e. The highest BCUT2D eigenvalue weighted by Gasteiger charge is 2.16. The number of nitrogens with two attached hydrogens (primary N) is 1. The van der Waals surface area contributed by atoms with Crippen molar-refractivity contribution in [2.24, 2.45) is 5.73 Å². The van der Waals surface area contributed by atoms with Gasteiger partial charge < -0.3 is 5.73 Å². The summed E-state index contributed by atoms with van der Waals surface area (Å²) < 4.78 is 13.1. The van der Waals surface area contributed by atoms with Gasteiger partial charge in [0.1, 0.15) is 5.82 Å². The predicted octanol–water partition coefficient (Wildman–Crippen LogP) is 4.45. The third-order valence-corrected chi connectivity index (χ3v) is 3.84. The van der Waals surface area contributed by atoms with Crippen molar-refractivity contribution in [1.29, 1.82) is 0 Å². The van der Waals surface area contributed by atoms with Crippen molar-refractivity contribution in [2.45, 2.75) is 26.8 Å². The van der Waals surface area contributed by atoms with Crippen molar-refractivity contribution >= 4 is 11.6 Å². The van der Waals surface area contributed by atoms with Crippen LogP contribution in [0.15, 0.2) is 30.3 Å². The SMILES string of the molecule is Cc1cc(C)c(C(N)c2ccc(F)cc2Cl)cc1C. The highest BCUT2D eigenvalue weighted by molar-refractivity contribution is 6.31. The second kappa shape index (κ2) is 5.32. The highest BCUT2D eigenvalue weighted by atomic mass is 35.5. The second-order valence-corrected chi connectivity index (χ2v) is 5.34. The van der Waals surface area contributed by atoms with Crippen LogP contribution in [-0.2, 0) is 0 Å². The molecular weight excluding hydrogens is 261 g/mol. The van der Waals surface area contributed by atoms with Crippen LogP contribution in [-0.4, -0.2) is 0 Å². The zero-order valence-corrected chi connectivity index (χ0v) is 12.1. The molecule has 2 N–H and O–H groups in total. The van der Waals surface area contributed by atoms with Crippen LogP contribution in [0.4, 0.5) is 4.39 Å². The monoisotopic (exact) mass is 277 g/mol. The Morgan fingerprint density at radius 1 is 0.947 bits per heavy atom. The fourth-order valence-electron chi connectivity index (χ4n) is 2.24. The Morgan fingerprint density at radius 3 is 2.21 bits per heavy atom. The van der Waals surface area contributed by atoms with Gasteiger partial charge in [0.05, 0.1) is 6.04 Å². The van der Waals surface area contributed by atoms with Gasteiger partial charge in [0.15, 0.2) is 0 Å². The van der Waals surface area contributed by atoms with Gasteiger partial charge in [0.25, 0.3) is 0 Å². The van der Waals surface area contributed by atoms with Crippen LogP contribution in [0.3, 0.4) is 0 Å². The van der Waals surface area contributed by atoms with Gasteiger partial charge >= 0.3 is 0 Å². The fraction of sp³-hybridized carbons (Fsp3) is 0.250. The lowest BCUT2D eigenvalue weighted by atomic mass is 9.92. The molecule has 0 bridgehead atoms. The maximum Gasteiger partial charge on any atom is 0.124 e. The first-order chi connectivity index (χ1) is 8.90. The van der Waals surface area contributed by atoms with Crippen molar-refractivity contribution in [1.82, 2.24) is 0 Å². The van der Waals surface area contributed by atoms with E-state index in [1.807, 2.05) is 6.92 Å². The first kappa shape index (κ1) is 14.0. The molecule has 0 aliphatic carbocycles. The van der Waals surface area contributed by atoms with Crippen LogP contribution >= 0.6 is 11.6 Å². The Bertz CT molecular complexity index is 622. The molecule has 3 heteroatoms. The zero-order valence-electron chi connectivity index (χ0n) is 11.3. The quantitative estimate of drug-likeness (QED) is 0.862. The van der Waals surface area contributed by atoms with E-state index in [1.165, 1.54) is 23.3 Å². The van der Waals surface area contributed by atoms with Crippen molar-refractivity contribution in [3.8, 4) is 0 Å². The highest BCUT2D eigenvalue weighted by Crippen LogP contribution is 2.30. The van der Waals surface area contributed by atoms with E-state index in [0.717, 1.165) is 16.7 Å². The molecule has 100 valence electrons. The van der Waals surface area contributed by atoms with Crippen LogP contribution in [0.5, 0.6) is 0 Å². The van der Waals surface area contributed by atoms with Gasteiger partial charge in [-0.3, -0.25) is 0 Å². The molecule has 2 aromatic carbocycles. The van der Waals surface area contributed by atoms with Crippen molar-refractivity contribution in [3.63, 3.8) is 0 Å². The topological polar surface area (TPSA) is 26.0 Å². The summed E-state index contributed by atoms with van der Waals surface area (Å²) in [6, 6.07) is 8.19. The molecule has 2 rings (SSSR count). The summed E-state index contributed by atoms with van der Waals surface area (Å²) in [6.45, 7) is 6.15. The van der Waals surface area contributed by atoms with Gasteiger partial charge in [-0.15, -0.1) is 0 Å². The Morgan fingerprint density at radius 2 is 1.58 bits per heavy atom. The lowest BCUT2D eigenvalue weighted by Gasteiger charge is -2.18. The molecule has 0 spiro atoms. The summed E-state index contributed by atoms with van der Waals surface area (Å²) in [4.78, 5) is 0. The van der Waals surface area contributed by atoms with Crippen LogP contribution < -0.4 is 5.73 Å². The van der Waals surface area contributed by atoms with Gasteiger partial charge in [-0.25, -0.2) is 4.39 Å². The number of rotatable bonds is 2. The molecule has 19 heavy (non-hydrogen) atoms. The molecule has 0 aromatic heterocycles. The molecule has 0 heterocycles. The predicted molar refractivity (Wildman–Crippen MR) is 78.1 cm³/mol. The second-order valence-electron chi connectivity index (χ2n) is 4.94. The molecule has 1 atom stereocenters. The first-order valence-corrected chi connectivity index (χ1v) is 6.56. The molecule has 0 amide bonds. The summed E-state index contributed by atoms with van der Waals surface area (Å²) in [5, 5.41) is 0.366. The third-order valence-electron chi connectivity index (χ3n) is 3.51. The summed E-state index contributed by atoms with van der Waals surface area (Å²) in [6.07, 6.45) is 0. The summed E-state index contributed by atoms with van der Waals surface area (Å²) >= 11 is 6.08. The van der Waals surface area contributed by atoms with Crippen molar-refractivity contribution in [3.05, 3.63) is 69.0 Å². The standard InChI is InChI=1S/C16H17ClFN/c1-9-6-11(3)14(7-10(9)2)16(19)13-5-4-12(18)8-15(13)17/h4-8,16H,19H2,1-3H3. The van der Waals surface area contributed by atoms with E-state index in [1.54, 1.807) is 6.07 Å². The Kier molecular flexibility index (Phi) is 3.93. The number of benzene rings is 2. The Labute approximate surface area is 118 Å². The molecule has 0 saturated heterocycles. The fourth-order valence-corrected chi connectivity index (χ4v) is 2.52. The van der Waals surface area contributed by atoms with Gasteiger partial charge in [0.2, 0.25) is 0 Å². The molecule has 0 aliphatic rings. The van der Waals surface area contributed by atoms with Crippen molar-refractivity contribution < 1.29 is 4.39 Å². The van der Waals surface area contributed by atoms with E-state index in [9.17, 15) is 4.39 Å². The number of hydrogen-bond donors (Lipinski definition) is 1. The average molecular weight is 278 g/mol. The zero-order chi connectivity index (χ0) is 14.2. The van der Waals surface area contributed by atoms with Crippen LogP contribution in [0.1, 0.15) is 33.9 Å². The smallest absolute Gasteiger partial charge is 0.124 e. The van der Waals surface area contributed by atoms with Gasteiger partial charge in [-0.05, 0) is 60.7 Å². The molecule has 0 aliphatic heterocycles. The average Bonchev–Trinajstić information content (AvgIpc) is 2.33. The van der Waals surface area contributed by atoms with Crippen molar-refractivity contribution in [2.75, 3.05) is 0 Å². The third kappa shape index (κ3) is 2.80. The minimum absolute atomic E-state index is 0.340. The van der Waals surface area contributed by atoms with E-state index in [-0.39, 0.29) is 11.9 Å². The molecule has 0 fully saturated rings. The molecule has 0 radical (unpaired) electrons. The van der Waals surface area contributed by atoms with E-state index in [4.69, 9.17) is 17.3 Å². The number of hydrogen-bond acceptors (Lipinski definition) is 1. The summed E-state index contributed by atoms with van der Waals surface area (Å²) in [7, 11) is 0. The van der Waals surface area contributed by atoms with Crippen LogP contribution in [0, 0.1) is 26.6 Å². The van der Waals surface area contributed by atoms with Crippen LogP contribution in [0.25, 0.3) is 0 Å². The van der Waals surface area contributed by atoms with Crippen LogP contribution in [0.2, 0.25) is 5.02 Å². The van der Waals surface area contributed by atoms with Gasteiger partial charge in [-0.1, -0.05) is 29.8 Å². The number of halogens is 2. The normalized spacial score (nSPS) is 12.5. The molecule has 2 aromatic rings. The van der Waals surface area contributed by atoms with Gasteiger partial charge in [-0.2, -0.15) is 0 Å². The lowest BCUT2D eigenvalue weighted by Crippen LogP contribution is -2.14. The van der Waals surface area contributed by atoms with E-state index in [0.29, 0.717) is 5.02 Å². The summed E-state index contributed by atoms with van der Waals surface area (Å²) in [5.74, 6) is -0.349. The largest absolute Gasteiger partial charge is 0.320 e. The van der Waals surface area contributed by atoms with E-state index >= 15 is 0 Å².